The quantitative estimate of drug-likeness (QED) is 0.251. The van der Waals surface area contributed by atoms with Crippen LogP contribution in [0.15, 0.2) is 11.3 Å². The fourth-order valence-electron chi connectivity index (χ4n) is 1.83. The van der Waals surface area contributed by atoms with Gasteiger partial charge < -0.3 is 5.11 Å². The van der Waals surface area contributed by atoms with E-state index in [0.717, 1.165) is 0 Å². The average Bonchev–Trinajstić information content (AvgIpc) is 2.61. The maximum atomic E-state index is 11.9. The fourth-order valence-corrected chi connectivity index (χ4v) is 1.83. The van der Waals surface area contributed by atoms with E-state index >= 15 is 0 Å². The summed E-state index contributed by atoms with van der Waals surface area (Å²) in [5, 5.41) is 10.7. The number of ketones is 1. The molecule has 72 valence electrons. The molecular formula is C8H6F3LiO2. The van der Waals surface area contributed by atoms with Crippen LogP contribution in [0.1, 0.15) is 12.8 Å². The molecular weight excluding hydrogens is 192 g/mol. The number of fused-ring (bicyclic) bond motifs is 1. The van der Waals surface area contributed by atoms with Crippen LogP contribution in [0.5, 0.6) is 0 Å². The van der Waals surface area contributed by atoms with Crippen LogP contribution in [0, 0.1) is 11.8 Å². The van der Waals surface area contributed by atoms with E-state index in [1.807, 2.05) is 0 Å². The predicted molar refractivity (Wildman–Crippen MR) is 34.3 cm³/mol. The summed E-state index contributed by atoms with van der Waals surface area (Å²) in [6.45, 7) is 0. The summed E-state index contributed by atoms with van der Waals surface area (Å²) in [6, 6.07) is 0. The van der Waals surface area contributed by atoms with Gasteiger partial charge >= 0.3 is 25.0 Å². The Morgan fingerprint density at radius 3 is 2.36 bits per heavy atom. The molecule has 0 aromatic rings. The molecule has 0 bridgehead atoms. The summed E-state index contributed by atoms with van der Waals surface area (Å²) >= 11 is 0. The van der Waals surface area contributed by atoms with Crippen LogP contribution >= 0.6 is 0 Å². The van der Waals surface area contributed by atoms with Gasteiger partial charge in [0.25, 0.3) is 0 Å². The topological polar surface area (TPSA) is 40.1 Å². The molecule has 2 saturated carbocycles. The van der Waals surface area contributed by atoms with Crippen molar-refractivity contribution < 1.29 is 41.9 Å². The van der Waals surface area contributed by atoms with Gasteiger partial charge in [0.15, 0.2) is 5.78 Å². The second-order valence-corrected chi connectivity index (χ2v) is 3.47. The van der Waals surface area contributed by atoms with Gasteiger partial charge in [-0.05, 0) is 29.6 Å². The molecule has 2 nitrogen and oxygen atoms in total. The zero-order valence-corrected chi connectivity index (χ0v) is 7.52. The molecule has 0 aromatic carbocycles. The first kappa shape index (κ1) is 11.7. The molecule has 0 aromatic heterocycles. The Morgan fingerprint density at radius 2 is 2.00 bits per heavy atom. The molecule has 2 aliphatic rings. The summed E-state index contributed by atoms with van der Waals surface area (Å²) in [5.41, 5.74) is -0.502. The van der Waals surface area contributed by atoms with Crippen LogP contribution in [0.3, 0.4) is 0 Å². The Bertz CT molecular complexity index is 308. The van der Waals surface area contributed by atoms with Gasteiger partial charge in [0, 0.05) is 6.42 Å². The Kier molecular flexibility index (Phi) is 2.77. The molecule has 14 heavy (non-hydrogen) atoms. The molecule has 0 N–H and O–H groups in total. The van der Waals surface area contributed by atoms with Crippen LogP contribution in [0.4, 0.5) is 13.2 Å². The van der Waals surface area contributed by atoms with Crippen molar-refractivity contribution in [3.05, 3.63) is 11.3 Å². The van der Waals surface area contributed by atoms with Crippen LogP contribution in [0.25, 0.3) is 0 Å². The van der Waals surface area contributed by atoms with E-state index in [9.17, 15) is 23.1 Å². The first-order valence-corrected chi connectivity index (χ1v) is 3.93. The maximum Gasteiger partial charge on any atom is 1.00 e. The van der Waals surface area contributed by atoms with E-state index < -0.39 is 23.3 Å². The third kappa shape index (κ3) is 1.71. The molecule has 0 spiro atoms. The second-order valence-electron chi connectivity index (χ2n) is 3.47. The molecule has 0 radical (unpaired) electrons. The molecule has 6 heteroatoms. The van der Waals surface area contributed by atoms with Gasteiger partial charge in [0.1, 0.15) is 0 Å². The average molecular weight is 198 g/mol. The zero-order chi connectivity index (χ0) is 9.80. The van der Waals surface area contributed by atoms with Crippen LogP contribution < -0.4 is 24.0 Å². The van der Waals surface area contributed by atoms with Crippen molar-refractivity contribution in [2.75, 3.05) is 0 Å². The van der Waals surface area contributed by atoms with Gasteiger partial charge in [-0.25, -0.2) is 0 Å². The third-order valence-electron chi connectivity index (χ3n) is 2.54. The molecule has 2 rings (SSSR count). The van der Waals surface area contributed by atoms with E-state index in [2.05, 4.69) is 0 Å². The molecule has 2 aliphatic carbocycles. The summed E-state index contributed by atoms with van der Waals surface area (Å²) < 4.78 is 35.8. The van der Waals surface area contributed by atoms with Crippen molar-refractivity contribution in [3.63, 3.8) is 0 Å². The number of Topliss-reactive ketones (excluding diaryl/α,β-unsaturated/α-hetero) is 1. The number of rotatable bonds is 0. The smallest absolute Gasteiger partial charge is 0.869 e. The summed E-state index contributed by atoms with van der Waals surface area (Å²) in [7, 11) is 0. The minimum absolute atomic E-state index is 0. The Labute approximate surface area is 90.3 Å². The minimum Gasteiger partial charge on any atom is -0.869 e. The number of halogens is 3. The second kappa shape index (κ2) is 3.32. The minimum atomic E-state index is -4.89. The van der Waals surface area contributed by atoms with Crippen molar-refractivity contribution >= 4 is 5.78 Å². The predicted octanol–water partition coefficient (Wildman–Crippen LogP) is -2.22. The summed E-state index contributed by atoms with van der Waals surface area (Å²) in [5.74, 6) is -2.90. The maximum absolute atomic E-state index is 11.9. The largest absolute Gasteiger partial charge is 1.00 e. The standard InChI is InChI=1S/C8H7F3O2.Li/c9-8(10,11)7(13)6-4-1-3(4)2-5(6)12;/h3-4,13H,1-2H2;/q;+1/p-1/b7-6-;. The van der Waals surface area contributed by atoms with E-state index in [-0.39, 0.29) is 37.1 Å². The molecule has 0 aliphatic heterocycles. The Hall–Kier alpha value is -0.403. The van der Waals surface area contributed by atoms with Gasteiger partial charge in [-0.15, -0.1) is 0 Å². The van der Waals surface area contributed by atoms with Gasteiger partial charge in [-0.1, -0.05) is 0 Å². The molecule has 2 fully saturated rings. The van der Waals surface area contributed by atoms with E-state index in [1.54, 1.807) is 0 Å². The Morgan fingerprint density at radius 1 is 1.43 bits per heavy atom. The zero-order valence-electron chi connectivity index (χ0n) is 7.52. The van der Waals surface area contributed by atoms with Crippen LogP contribution in [-0.2, 0) is 4.79 Å². The molecule has 0 amide bonds. The number of allylic oxidation sites excluding steroid dienone is 2. The normalized spacial score (nSPS) is 33.5. The number of hydrogen-bond acceptors (Lipinski definition) is 2. The van der Waals surface area contributed by atoms with E-state index in [0.29, 0.717) is 6.42 Å². The number of carbonyl (C=O) groups is 1. The number of hydrogen-bond donors (Lipinski definition) is 0. The van der Waals surface area contributed by atoms with Gasteiger partial charge in [-0.2, -0.15) is 13.2 Å². The van der Waals surface area contributed by atoms with Crippen molar-refractivity contribution in [3.8, 4) is 0 Å². The molecule has 2 atom stereocenters. The van der Waals surface area contributed by atoms with Gasteiger partial charge in [-0.3, -0.25) is 4.79 Å². The SMILES string of the molecule is O=C1CC2CC2/C1=C(/[O-])C(F)(F)F.[Li+]. The van der Waals surface area contributed by atoms with Crippen LogP contribution in [-0.4, -0.2) is 12.0 Å². The first-order chi connectivity index (χ1) is 5.91. The molecule has 0 heterocycles. The monoisotopic (exact) mass is 198 g/mol. The first-order valence-electron chi connectivity index (χ1n) is 3.93. The van der Waals surface area contributed by atoms with Gasteiger partial charge in [0.2, 0.25) is 0 Å². The van der Waals surface area contributed by atoms with Gasteiger partial charge in [0.05, 0.1) is 0 Å². The molecule has 0 saturated heterocycles. The van der Waals surface area contributed by atoms with E-state index in [1.165, 1.54) is 0 Å². The Balaban J connectivity index is 0.000000980. The summed E-state index contributed by atoms with van der Waals surface area (Å²) in [4.78, 5) is 10.9. The number of carbonyl (C=O) groups excluding carboxylic acids is 1. The third-order valence-corrected chi connectivity index (χ3v) is 2.54. The summed E-state index contributed by atoms with van der Waals surface area (Å²) in [6.07, 6.45) is -4.19. The van der Waals surface area contributed by atoms with Crippen molar-refractivity contribution in [2.45, 2.75) is 19.0 Å². The van der Waals surface area contributed by atoms with Crippen molar-refractivity contribution in [1.82, 2.24) is 0 Å². The molecule has 2 unspecified atom stereocenters. The van der Waals surface area contributed by atoms with E-state index in [4.69, 9.17) is 0 Å². The number of alkyl halides is 3. The fraction of sp³-hybridized carbons (Fsp3) is 0.625. The van der Waals surface area contributed by atoms with Crippen LogP contribution in [0.2, 0.25) is 0 Å². The van der Waals surface area contributed by atoms with Crippen molar-refractivity contribution in [1.29, 1.82) is 0 Å². The van der Waals surface area contributed by atoms with Crippen molar-refractivity contribution in [2.24, 2.45) is 11.8 Å².